The molecule has 0 amide bonds. The Bertz CT molecular complexity index is 513. The van der Waals surface area contributed by atoms with Crippen LogP contribution >= 0.6 is 11.6 Å². The summed E-state index contributed by atoms with van der Waals surface area (Å²) in [4.78, 5) is 16.8. The number of nitrogens with zero attached hydrogens (tertiary/aromatic N) is 1. The number of quaternary nitrogens is 1. The second-order valence-corrected chi connectivity index (χ2v) is 4.47. The van der Waals surface area contributed by atoms with E-state index in [0.29, 0.717) is 17.3 Å². The highest BCUT2D eigenvalue weighted by Gasteiger charge is 2.37. The Kier molecular flexibility index (Phi) is 3.66. The average Bonchev–Trinajstić information content (AvgIpc) is 2.78. The lowest BCUT2D eigenvalue weighted by atomic mass is 10.1. The van der Waals surface area contributed by atoms with E-state index in [1.807, 2.05) is 43.5 Å². The van der Waals surface area contributed by atoms with E-state index in [1.165, 1.54) is 0 Å². The molecule has 0 spiro atoms. The highest BCUT2D eigenvalue weighted by Crippen LogP contribution is 2.34. The number of rotatable bonds is 4. The molecule has 0 saturated carbocycles. The first-order valence-corrected chi connectivity index (χ1v) is 6.13. The number of carbonyl (C=O) groups is 1. The van der Waals surface area contributed by atoms with Crippen molar-refractivity contribution in [2.24, 2.45) is 0 Å². The molecule has 4 heteroatoms. The Morgan fingerprint density at radius 3 is 2.50 bits per heavy atom. The molecule has 0 N–H and O–H groups in total. The van der Waals surface area contributed by atoms with Crippen LogP contribution in [0.25, 0.3) is 5.57 Å². The van der Waals surface area contributed by atoms with Gasteiger partial charge in [0.15, 0.2) is 0 Å². The molecule has 1 heterocycles. The van der Waals surface area contributed by atoms with Crippen molar-refractivity contribution >= 4 is 23.5 Å². The standard InChI is InChI=1S/C14H15ClNO2/c1-3-16(18-2)9-8-13(14(16)10-17)11-4-6-12(15)7-5-11/h4-10H,3H2,1-2H3/q+1. The van der Waals surface area contributed by atoms with E-state index in [4.69, 9.17) is 16.4 Å². The van der Waals surface area contributed by atoms with Gasteiger partial charge in [-0.1, -0.05) is 23.7 Å². The summed E-state index contributed by atoms with van der Waals surface area (Å²) >= 11 is 5.87. The fourth-order valence-corrected chi connectivity index (χ4v) is 2.28. The Balaban J connectivity index is 2.52. The van der Waals surface area contributed by atoms with E-state index in [2.05, 4.69) is 0 Å². The number of hydrogen-bond donors (Lipinski definition) is 0. The topological polar surface area (TPSA) is 26.3 Å². The SMILES string of the molecule is CC[N+]1(OC)C=CC(c2ccc(Cl)cc2)=C1C=O. The van der Waals surface area contributed by atoms with Gasteiger partial charge in [-0.15, -0.1) is 4.65 Å². The Labute approximate surface area is 111 Å². The van der Waals surface area contributed by atoms with Crippen molar-refractivity contribution in [1.82, 2.24) is 0 Å². The predicted octanol–water partition coefficient (Wildman–Crippen LogP) is 3.18. The van der Waals surface area contributed by atoms with Crippen molar-refractivity contribution in [3.8, 4) is 0 Å². The lowest BCUT2D eigenvalue weighted by molar-refractivity contribution is -1.03. The van der Waals surface area contributed by atoms with Crippen LogP contribution in [0.4, 0.5) is 0 Å². The van der Waals surface area contributed by atoms with Crippen LogP contribution in [-0.4, -0.2) is 24.6 Å². The highest BCUT2D eigenvalue weighted by atomic mass is 35.5. The van der Waals surface area contributed by atoms with E-state index in [-0.39, 0.29) is 4.65 Å². The lowest BCUT2D eigenvalue weighted by Crippen LogP contribution is -2.39. The number of aldehydes is 1. The molecule has 0 saturated heterocycles. The zero-order chi connectivity index (χ0) is 13.2. The summed E-state index contributed by atoms with van der Waals surface area (Å²) in [5.41, 5.74) is 2.45. The summed E-state index contributed by atoms with van der Waals surface area (Å²) in [5, 5.41) is 0.678. The zero-order valence-electron chi connectivity index (χ0n) is 10.4. The van der Waals surface area contributed by atoms with Crippen LogP contribution in [0.1, 0.15) is 12.5 Å². The van der Waals surface area contributed by atoms with Gasteiger partial charge in [-0.05, 0) is 24.6 Å². The third kappa shape index (κ3) is 2.01. The van der Waals surface area contributed by atoms with E-state index in [9.17, 15) is 4.79 Å². The van der Waals surface area contributed by atoms with E-state index in [1.54, 1.807) is 7.11 Å². The molecule has 3 nitrogen and oxygen atoms in total. The van der Waals surface area contributed by atoms with Gasteiger partial charge in [0.25, 0.3) is 0 Å². The molecule has 1 aliphatic heterocycles. The fourth-order valence-electron chi connectivity index (χ4n) is 2.15. The number of halogens is 1. The first-order valence-electron chi connectivity index (χ1n) is 5.75. The molecule has 0 bridgehead atoms. The summed E-state index contributed by atoms with van der Waals surface area (Å²) < 4.78 is 0.126. The minimum atomic E-state index is 0.126. The number of hydrogen-bond acceptors (Lipinski definition) is 2. The molecule has 1 aliphatic rings. The van der Waals surface area contributed by atoms with Gasteiger partial charge in [0, 0.05) is 11.1 Å². The summed E-state index contributed by atoms with van der Waals surface area (Å²) in [6.45, 7) is 2.64. The molecule has 0 fully saturated rings. The van der Waals surface area contributed by atoms with Crippen LogP contribution in [0.3, 0.4) is 0 Å². The van der Waals surface area contributed by atoms with Crippen LogP contribution in [0, 0.1) is 0 Å². The highest BCUT2D eigenvalue weighted by molar-refractivity contribution is 6.30. The molecule has 1 unspecified atom stereocenters. The minimum Gasteiger partial charge on any atom is -0.292 e. The van der Waals surface area contributed by atoms with Crippen molar-refractivity contribution in [3.63, 3.8) is 0 Å². The minimum absolute atomic E-state index is 0.126. The Hall–Kier alpha value is -1.42. The molecule has 0 aliphatic carbocycles. The number of benzene rings is 1. The number of hydroxylamine groups is 3. The van der Waals surface area contributed by atoms with Gasteiger partial charge < -0.3 is 0 Å². The third-order valence-corrected chi connectivity index (χ3v) is 3.48. The smallest absolute Gasteiger partial charge is 0.218 e. The van der Waals surface area contributed by atoms with Gasteiger partial charge in [0.1, 0.15) is 12.7 Å². The average molecular weight is 265 g/mol. The first-order chi connectivity index (χ1) is 8.66. The van der Waals surface area contributed by atoms with E-state index in [0.717, 1.165) is 17.4 Å². The molecule has 1 atom stereocenters. The summed E-state index contributed by atoms with van der Waals surface area (Å²) in [6.07, 6.45) is 4.66. The number of likely N-dealkylation sites (N-methyl/N-ethyl adjacent to an activating group) is 1. The van der Waals surface area contributed by atoms with E-state index < -0.39 is 0 Å². The fraction of sp³-hybridized carbons (Fsp3) is 0.214. The number of allylic oxidation sites excluding steroid dienone is 3. The Morgan fingerprint density at radius 2 is 2.00 bits per heavy atom. The molecular weight excluding hydrogens is 250 g/mol. The largest absolute Gasteiger partial charge is 0.292 e. The molecule has 1 aromatic carbocycles. The summed E-state index contributed by atoms with van der Waals surface area (Å²) in [5.74, 6) is 0. The van der Waals surface area contributed by atoms with Crippen molar-refractivity contribution in [2.45, 2.75) is 6.92 Å². The Morgan fingerprint density at radius 1 is 1.33 bits per heavy atom. The van der Waals surface area contributed by atoms with Crippen LogP contribution in [0.5, 0.6) is 0 Å². The summed E-state index contributed by atoms with van der Waals surface area (Å²) in [6, 6.07) is 7.42. The molecule has 18 heavy (non-hydrogen) atoms. The van der Waals surface area contributed by atoms with Crippen LogP contribution < -0.4 is 0 Å². The van der Waals surface area contributed by atoms with Crippen molar-refractivity contribution in [2.75, 3.05) is 13.7 Å². The zero-order valence-corrected chi connectivity index (χ0v) is 11.1. The monoisotopic (exact) mass is 264 g/mol. The van der Waals surface area contributed by atoms with Gasteiger partial charge >= 0.3 is 0 Å². The second-order valence-electron chi connectivity index (χ2n) is 4.03. The molecule has 0 aromatic heterocycles. The maximum absolute atomic E-state index is 11.4. The lowest BCUT2D eigenvalue weighted by Gasteiger charge is -2.25. The van der Waals surface area contributed by atoms with Crippen molar-refractivity contribution < 1.29 is 14.3 Å². The van der Waals surface area contributed by atoms with Crippen LogP contribution in [0.15, 0.2) is 42.2 Å². The summed E-state index contributed by atoms with van der Waals surface area (Å²) in [7, 11) is 1.60. The van der Waals surface area contributed by atoms with Crippen molar-refractivity contribution in [1.29, 1.82) is 0 Å². The van der Waals surface area contributed by atoms with Crippen molar-refractivity contribution in [3.05, 3.63) is 52.8 Å². The predicted molar refractivity (Wildman–Crippen MR) is 71.4 cm³/mol. The normalized spacial score (nSPS) is 22.6. The molecule has 0 radical (unpaired) electrons. The van der Waals surface area contributed by atoms with Gasteiger partial charge in [-0.3, -0.25) is 4.79 Å². The van der Waals surface area contributed by atoms with Gasteiger partial charge in [-0.2, -0.15) is 4.84 Å². The molecule has 1 aromatic rings. The molecule has 2 rings (SSSR count). The molecule has 94 valence electrons. The van der Waals surface area contributed by atoms with Crippen LogP contribution in [0.2, 0.25) is 5.02 Å². The first kappa shape index (κ1) is 13.0. The molecular formula is C14H15ClNO2+. The van der Waals surface area contributed by atoms with Gasteiger partial charge in [0.05, 0.1) is 12.7 Å². The van der Waals surface area contributed by atoms with E-state index >= 15 is 0 Å². The van der Waals surface area contributed by atoms with Gasteiger partial charge in [0.2, 0.25) is 12.0 Å². The maximum Gasteiger partial charge on any atom is 0.218 e. The number of carbonyl (C=O) groups excluding carboxylic acids is 1. The van der Waals surface area contributed by atoms with Crippen LogP contribution in [-0.2, 0) is 9.63 Å². The third-order valence-electron chi connectivity index (χ3n) is 3.23. The maximum atomic E-state index is 11.4. The second kappa shape index (κ2) is 5.06. The quantitative estimate of drug-likeness (QED) is 0.617. The van der Waals surface area contributed by atoms with Gasteiger partial charge in [-0.25, -0.2) is 0 Å².